The standard InChI is InChI=1S/C11H14N2O3S/c1-11(2,17)10(15)13-8-7(9(14)16-3)5-4-6-12-8/h4-6,17H,1-3H3,(H,12,13,15). The third-order valence-electron chi connectivity index (χ3n) is 2.00. The van der Waals surface area contributed by atoms with Gasteiger partial charge in [-0.15, -0.1) is 0 Å². The third kappa shape index (κ3) is 3.45. The van der Waals surface area contributed by atoms with Gasteiger partial charge in [-0.1, -0.05) is 0 Å². The van der Waals surface area contributed by atoms with Crippen LogP contribution >= 0.6 is 12.6 Å². The summed E-state index contributed by atoms with van der Waals surface area (Å²) < 4.78 is 3.74. The van der Waals surface area contributed by atoms with E-state index in [0.29, 0.717) is 0 Å². The van der Waals surface area contributed by atoms with Crippen LogP contribution in [0.2, 0.25) is 0 Å². The molecule has 1 rings (SSSR count). The molecule has 0 aromatic carbocycles. The first-order valence-corrected chi connectivity index (χ1v) is 5.38. The Labute approximate surface area is 105 Å². The van der Waals surface area contributed by atoms with Crippen molar-refractivity contribution < 1.29 is 14.3 Å². The Morgan fingerprint density at radius 1 is 1.47 bits per heavy atom. The van der Waals surface area contributed by atoms with E-state index in [9.17, 15) is 9.59 Å². The van der Waals surface area contributed by atoms with Crippen LogP contribution in [0.1, 0.15) is 24.2 Å². The maximum atomic E-state index is 11.7. The van der Waals surface area contributed by atoms with Crippen LogP contribution in [0.15, 0.2) is 18.3 Å². The van der Waals surface area contributed by atoms with Crippen LogP contribution in [0.4, 0.5) is 5.82 Å². The van der Waals surface area contributed by atoms with Gasteiger partial charge in [0.15, 0.2) is 0 Å². The lowest BCUT2D eigenvalue weighted by atomic mass is 10.2. The van der Waals surface area contributed by atoms with Crippen LogP contribution in [0.25, 0.3) is 0 Å². The van der Waals surface area contributed by atoms with Crippen molar-refractivity contribution in [3.63, 3.8) is 0 Å². The molecule has 5 nitrogen and oxygen atoms in total. The second-order valence-electron chi connectivity index (χ2n) is 3.90. The number of esters is 1. The van der Waals surface area contributed by atoms with E-state index in [1.54, 1.807) is 19.9 Å². The predicted octanol–water partition coefficient (Wildman–Crippen LogP) is 1.52. The summed E-state index contributed by atoms with van der Waals surface area (Å²) in [6.07, 6.45) is 1.48. The summed E-state index contributed by atoms with van der Waals surface area (Å²) in [6.45, 7) is 3.29. The molecule has 1 aromatic rings. The van der Waals surface area contributed by atoms with E-state index >= 15 is 0 Å². The highest BCUT2D eigenvalue weighted by molar-refractivity contribution is 7.82. The zero-order valence-corrected chi connectivity index (χ0v) is 10.7. The number of aromatic nitrogens is 1. The van der Waals surface area contributed by atoms with Gasteiger partial charge in [-0.3, -0.25) is 4.79 Å². The highest BCUT2D eigenvalue weighted by Crippen LogP contribution is 2.18. The molecule has 0 bridgehead atoms. The van der Waals surface area contributed by atoms with Crippen molar-refractivity contribution in [1.82, 2.24) is 4.98 Å². The van der Waals surface area contributed by atoms with E-state index in [0.717, 1.165) is 0 Å². The number of hydrogen-bond acceptors (Lipinski definition) is 5. The van der Waals surface area contributed by atoms with E-state index in [1.807, 2.05) is 0 Å². The number of nitrogens with one attached hydrogen (secondary N) is 1. The highest BCUT2D eigenvalue weighted by atomic mass is 32.1. The minimum absolute atomic E-state index is 0.173. The number of nitrogens with zero attached hydrogens (tertiary/aromatic N) is 1. The Bertz CT molecular complexity index is 441. The van der Waals surface area contributed by atoms with Crippen molar-refractivity contribution in [2.75, 3.05) is 12.4 Å². The van der Waals surface area contributed by atoms with Crippen LogP contribution < -0.4 is 5.32 Å². The number of ether oxygens (including phenoxy) is 1. The number of carbonyl (C=O) groups is 2. The lowest BCUT2D eigenvalue weighted by Crippen LogP contribution is -2.32. The first kappa shape index (κ1) is 13.5. The Balaban J connectivity index is 2.99. The van der Waals surface area contributed by atoms with Crippen molar-refractivity contribution in [2.45, 2.75) is 18.6 Å². The van der Waals surface area contributed by atoms with E-state index < -0.39 is 10.7 Å². The molecular weight excluding hydrogens is 240 g/mol. The maximum Gasteiger partial charge on any atom is 0.341 e. The summed E-state index contributed by atoms with van der Waals surface area (Å²) in [6, 6.07) is 3.12. The molecule has 0 fully saturated rings. The first-order valence-electron chi connectivity index (χ1n) is 4.93. The van der Waals surface area contributed by atoms with Gasteiger partial charge in [-0.25, -0.2) is 9.78 Å². The molecule has 1 aromatic heterocycles. The predicted molar refractivity (Wildman–Crippen MR) is 67.3 cm³/mol. The fourth-order valence-corrected chi connectivity index (χ4v) is 1.10. The van der Waals surface area contributed by atoms with Gasteiger partial charge in [0.05, 0.1) is 11.9 Å². The minimum atomic E-state index is -0.856. The van der Waals surface area contributed by atoms with Crippen molar-refractivity contribution in [3.05, 3.63) is 23.9 Å². The number of thiol groups is 1. The quantitative estimate of drug-likeness (QED) is 0.634. The van der Waals surface area contributed by atoms with Gasteiger partial charge in [0, 0.05) is 6.20 Å². The molecular formula is C11H14N2O3S. The first-order chi connectivity index (χ1) is 7.86. The molecule has 0 saturated heterocycles. The van der Waals surface area contributed by atoms with Gasteiger partial charge in [-0.05, 0) is 26.0 Å². The average Bonchev–Trinajstić information content (AvgIpc) is 2.27. The molecule has 0 aliphatic carbocycles. The van der Waals surface area contributed by atoms with Gasteiger partial charge in [0.1, 0.15) is 11.4 Å². The number of hydrogen-bond donors (Lipinski definition) is 2. The van der Waals surface area contributed by atoms with Crippen molar-refractivity contribution >= 4 is 30.3 Å². The maximum absolute atomic E-state index is 11.7. The molecule has 1 N–H and O–H groups in total. The number of carbonyl (C=O) groups excluding carboxylic acids is 2. The van der Waals surface area contributed by atoms with Crippen LogP contribution in [-0.2, 0) is 9.53 Å². The lowest BCUT2D eigenvalue weighted by Gasteiger charge is -2.17. The molecule has 1 heterocycles. The van der Waals surface area contributed by atoms with Crippen LogP contribution in [-0.4, -0.2) is 28.7 Å². The average molecular weight is 254 g/mol. The van der Waals surface area contributed by atoms with E-state index in [4.69, 9.17) is 0 Å². The number of anilines is 1. The van der Waals surface area contributed by atoms with E-state index in [-0.39, 0.29) is 17.3 Å². The molecule has 17 heavy (non-hydrogen) atoms. The van der Waals surface area contributed by atoms with Crippen molar-refractivity contribution in [2.24, 2.45) is 0 Å². The molecule has 0 atom stereocenters. The van der Waals surface area contributed by atoms with E-state index in [2.05, 4.69) is 27.7 Å². The zero-order valence-electron chi connectivity index (χ0n) is 9.85. The fourth-order valence-electron chi connectivity index (χ4n) is 1.04. The topological polar surface area (TPSA) is 68.3 Å². The molecule has 0 aliphatic heterocycles. The summed E-state index contributed by atoms with van der Waals surface area (Å²) in [5.41, 5.74) is 0.209. The Kier molecular flexibility index (Phi) is 4.11. The minimum Gasteiger partial charge on any atom is -0.465 e. The zero-order chi connectivity index (χ0) is 13.1. The molecule has 0 spiro atoms. The van der Waals surface area contributed by atoms with Gasteiger partial charge in [0.25, 0.3) is 0 Å². The van der Waals surface area contributed by atoms with Crippen molar-refractivity contribution in [1.29, 1.82) is 0 Å². The fraction of sp³-hybridized carbons (Fsp3) is 0.364. The summed E-state index contributed by atoms with van der Waals surface area (Å²) in [7, 11) is 1.27. The highest BCUT2D eigenvalue weighted by Gasteiger charge is 2.24. The Morgan fingerprint density at radius 2 is 2.12 bits per heavy atom. The summed E-state index contributed by atoms with van der Waals surface area (Å²) in [4.78, 5) is 27.1. The van der Waals surface area contributed by atoms with Crippen LogP contribution in [0, 0.1) is 0 Å². The van der Waals surface area contributed by atoms with Gasteiger partial charge >= 0.3 is 5.97 Å². The second kappa shape index (κ2) is 5.18. The monoisotopic (exact) mass is 254 g/mol. The number of amides is 1. The molecule has 0 unspecified atom stereocenters. The second-order valence-corrected chi connectivity index (χ2v) is 5.02. The molecule has 0 saturated carbocycles. The molecule has 0 radical (unpaired) electrons. The van der Waals surface area contributed by atoms with Crippen LogP contribution in [0.5, 0.6) is 0 Å². The largest absolute Gasteiger partial charge is 0.465 e. The summed E-state index contributed by atoms with van der Waals surface area (Å²) in [5, 5.41) is 2.54. The third-order valence-corrected chi connectivity index (χ3v) is 2.20. The summed E-state index contributed by atoms with van der Waals surface area (Å²) >= 11 is 4.13. The molecule has 0 aliphatic rings. The van der Waals surface area contributed by atoms with Gasteiger partial charge in [0.2, 0.25) is 5.91 Å². The molecule has 92 valence electrons. The Morgan fingerprint density at radius 3 is 2.65 bits per heavy atom. The van der Waals surface area contributed by atoms with Crippen molar-refractivity contribution in [3.8, 4) is 0 Å². The molecule has 6 heteroatoms. The number of pyridine rings is 1. The SMILES string of the molecule is COC(=O)c1cccnc1NC(=O)C(C)(C)S. The normalized spacial score (nSPS) is 10.8. The van der Waals surface area contributed by atoms with Gasteiger partial charge in [-0.2, -0.15) is 12.6 Å². The lowest BCUT2D eigenvalue weighted by molar-refractivity contribution is -0.117. The van der Waals surface area contributed by atoms with Crippen LogP contribution in [0.3, 0.4) is 0 Å². The van der Waals surface area contributed by atoms with Gasteiger partial charge < -0.3 is 10.1 Å². The molecule has 1 amide bonds. The van der Waals surface area contributed by atoms with E-state index in [1.165, 1.54) is 19.4 Å². The summed E-state index contributed by atoms with van der Waals surface area (Å²) in [5.74, 6) is -0.721. The number of methoxy groups -OCH3 is 1. The number of rotatable bonds is 3. The smallest absolute Gasteiger partial charge is 0.341 e. The Hall–Kier alpha value is -1.56.